The summed E-state index contributed by atoms with van der Waals surface area (Å²) in [6.45, 7) is 0. The molecule has 15 heavy (non-hydrogen) atoms. The highest BCUT2D eigenvalue weighted by molar-refractivity contribution is 7.91. The van der Waals surface area contributed by atoms with Gasteiger partial charge in [0.25, 0.3) is 0 Å². The van der Waals surface area contributed by atoms with Gasteiger partial charge in [0.2, 0.25) is 9.84 Å². The summed E-state index contributed by atoms with van der Waals surface area (Å²) in [5.41, 5.74) is 0. The average molecular weight is 221 g/mol. The summed E-state index contributed by atoms with van der Waals surface area (Å²) < 4.78 is 38.7. The van der Waals surface area contributed by atoms with Crippen molar-refractivity contribution < 1.29 is 11.2 Å². The summed E-state index contributed by atoms with van der Waals surface area (Å²) in [5.74, 6) is 0. The number of hydrogen-bond donors (Lipinski definition) is 0. The number of benzene rings is 1. The number of pyridine rings is 1. The molecule has 76 valence electrons. The monoisotopic (exact) mass is 221 g/mol. The van der Waals surface area contributed by atoms with Crippen LogP contribution in [0.2, 0.25) is 0 Å². The minimum atomic E-state index is -3.60. The van der Waals surface area contributed by atoms with Crippen molar-refractivity contribution in [3.8, 4) is 0 Å². The standard InChI is InChI=1S/C11H9NO2S/c13-15(14,10-5-2-1-3-6-10)11-7-4-8-12-9-11/h1-9H/i1D,8D. The fourth-order valence-corrected chi connectivity index (χ4v) is 2.36. The largest absolute Gasteiger partial charge is 0.263 e. The molecule has 3 nitrogen and oxygen atoms in total. The molecule has 0 spiro atoms. The van der Waals surface area contributed by atoms with E-state index in [1.807, 2.05) is 0 Å². The van der Waals surface area contributed by atoms with E-state index < -0.39 is 9.84 Å². The maximum atomic E-state index is 12.1. The molecule has 0 aliphatic carbocycles. The van der Waals surface area contributed by atoms with E-state index in [2.05, 4.69) is 4.98 Å². The van der Waals surface area contributed by atoms with Gasteiger partial charge in [0.05, 0.1) is 12.5 Å². The van der Waals surface area contributed by atoms with Gasteiger partial charge in [-0.1, -0.05) is 18.2 Å². The van der Waals surface area contributed by atoms with Crippen molar-refractivity contribution in [1.82, 2.24) is 4.98 Å². The molecule has 0 saturated carbocycles. The van der Waals surface area contributed by atoms with Crippen LogP contribution in [0.3, 0.4) is 0 Å². The number of nitrogens with zero attached hydrogens (tertiary/aromatic N) is 1. The van der Waals surface area contributed by atoms with Crippen LogP contribution in [0.4, 0.5) is 0 Å². The second-order valence-electron chi connectivity index (χ2n) is 2.86. The van der Waals surface area contributed by atoms with Gasteiger partial charge >= 0.3 is 0 Å². The van der Waals surface area contributed by atoms with E-state index in [1.165, 1.54) is 36.4 Å². The molecular formula is C11H9NO2S. The van der Waals surface area contributed by atoms with E-state index in [9.17, 15) is 8.42 Å². The normalized spacial score (nSPS) is 13.1. The minimum absolute atomic E-state index is 0.0189. The van der Waals surface area contributed by atoms with Crippen LogP contribution in [0.1, 0.15) is 2.74 Å². The Kier molecular flexibility index (Phi) is 1.93. The van der Waals surface area contributed by atoms with Crippen LogP contribution in [0, 0.1) is 0 Å². The maximum Gasteiger partial charge on any atom is 0.208 e. The summed E-state index contributed by atoms with van der Waals surface area (Å²) >= 11 is 0. The van der Waals surface area contributed by atoms with Crippen LogP contribution in [0.5, 0.6) is 0 Å². The molecule has 0 amide bonds. The summed E-state index contributed by atoms with van der Waals surface area (Å²) in [7, 11) is -3.60. The third-order valence-electron chi connectivity index (χ3n) is 1.90. The Morgan fingerprint density at radius 2 is 1.73 bits per heavy atom. The molecule has 0 N–H and O–H groups in total. The zero-order valence-electron chi connectivity index (χ0n) is 9.71. The molecule has 4 heteroatoms. The Labute approximate surface area is 91.1 Å². The van der Waals surface area contributed by atoms with Crippen molar-refractivity contribution >= 4 is 9.84 Å². The van der Waals surface area contributed by atoms with E-state index in [0.717, 1.165) is 6.20 Å². The second-order valence-corrected chi connectivity index (χ2v) is 4.81. The van der Waals surface area contributed by atoms with Crippen molar-refractivity contribution in [2.45, 2.75) is 9.79 Å². The Balaban J connectivity index is 2.50. The van der Waals surface area contributed by atoms with Gasteiger partial charge in [-0.05, 0) is 24.3 Å². The molecular weight excluding hydrogens is 210 g/mol. The van der Waals surface area contributed by atoms with E-state index in [0.29, 0.717) is 0 Å². The first-order chi connectivity index (χ1) is 8.00. The molecule has 2 rings (SSSR count). The highest BCUT2D eigenvalue weighted by atomic mass is 32.2. The van der Waals surface area contributed by atoms with Gasteiger partial charge in [-0.2, -0.15) is 0 Å². The molecule has 1 aromatic carbocycles. The zero-order valence-corrected chi connectivity index (χ0v) is 8.53. The third kappa shape index (κ3) is 1.89. The first kappa shape index (κ1) is 7.59. The van der Waals surface area contributed by atoms with E-state index in [4.69, 9.17) is 2.74 Å². The molecule has 0 bridgehead atoms. The van der Waals surface area contributed by atoms with Crippen LogP contribution in [-0.2, 0) is 9.84 Å². The smallest absolute Gasteiger partial charge is 0.208 e. The van der Waals surface area contributed by atoms with Crippen LogP contribution in [0.25, 0.3) is 0 Å². The average Bonchev–Trinajstić information content (AvgIpc) is 2.30. The summed E-state index contributed by atoms with van der Waals surface area (Å²) in [4.78, 5) is 3.80. The quantitative estimate of drug-likeness (QED) is 0.778. The Bertz CT molecular complexity index is 570. The van der Waals surface area contributed by atoms with Gasteiger partial charge in [0.1, 0.15) is 0 Å². The number of hydrogen-bond acceptors (Lipinski definition) is 3. The van der Waals surface area contributed by atoms with Crippen molar-refractivity contribution in [3.05, 3.63) is 54.8 Å². The number of sulfone groups is 1. The zero-order chi connectivity index (χ0) is 12.5. The van der Waals surface area contributed by atoms with Crippen molar-refractivity contribution in [1.29, 1.82) is 0 Å². The summed E-state index contributed by atoms with van der Waals surface area (Å²) in [6.07, 6.45) is 1.18. The van der Waals surface area contributed by atoms with Crippen LogP contribution in [-0.4, -0.2) is 13.4 Å². The second kappa shape index (κ2) is 3.82. The van der Waals surface area contributed by atoms with Gasteiger partial charge in [0, 0.05) is 12.4 Å². The molecule has 0 atom stereocenters. The molecule has 1 heterocycles. The fraction of sp³-hybridized carbons (Fsp3) is 0. The van der Waals surface area contributed by atoms with Crippen LogP contribution < -0.4 is 0 Å². The highest BCUT2D eigenvalue weighted by Crippen LogP contribution is 2.18. The van der Waals surface area contributed by atoms with E-state index in [1.54, 1.807) is 0 Å². The topological polar surface area (TPSA) is 47.0 Å². The molecule has 1 aromatic heterocycles. The van der Waals surface area contributed by atoms with Crippen LogP contribution >= 0.6 is 0 Å². The van der Waals surface area contributed by atoms with Gasteiger partial charge < -0.3 is 0 Å². The summed E-state index contributed by atoms with van der Waals surface area (Å²) in [5, 5.41) is 0. The summed E-state index contributed by atoms with van der Waals surface area (Å²) in [6, 6.07) is 8.52. The van der Waals surface area contributed by atoms with Gasteiger partial charge in [-0.25, -0.2) is 8.42 Å². The SMILES string of the molecule is [2H]c1ccc(S(=O)(=O)c2ccc([2H])nc2)cc1. The number of aromatic nitrogens is 1. The fourth-order valence-electron chi connectivity index (χ4n) is 1.15. The Hall–Kier alpha value is -1.68. The predicted octanol–water partition coefficient (Wildman–Crippen LogP) is 1.91. The van der Waals surface area contributed by atoms with Crippen molar-refractivity contribution in [2.24, 2.45) is 0 Å². The first-order valence-corrected chi connectivity index (χ1v) is 5.73. The lowest BCUT2D eigenvalue weighted by Crippen LogP contribution is -2.01. The van der Waals surface area contributed by atoms with E-state index in [-0.39, 0.29) is 22.0 Å². The van der Waals surface area contributed by atoms with E-state index >= 15 is 0 Å². The lowest BCUT2D eigenvalue weighted by molar-refractivity contribution is 0.595. The van der Waals surface area contributed by atoms with Crippen molar-refractivity contribution in [3.63, 3.8) is 0 Å². The molecule has 0 aliphatic heterocycles. The maximum absolute atomic E-state index is 12.1. The molecule has 0 unspecified atom stereocenters. The van der Waals surface area contributed by atoms with Gasteiger partial charge in [0.15, 0.2) is 0 Å². The van der Waals surface area contributed by atoms with Gasteiger partial charge in [-0.3, -0.25) is 4.98 Å². The minimum Gasteiger partial charge on any atom is -0.263 e. The molecule has 2 aromatic rings. The lowest BCUT2D eigenvalue weighted by Gasteiger charge is -2.02. The lowest BCUT2D eigenvalue weighted by atomic mass is 10.4. The Morgan fingerprint density at radius 3 is 2.33 bits per heavy atom. The third-order valence-corrected chi connectivity index (χ3v) is 3.65. The van der Waals surface area contributed by atoms with Crippen molar-refractivity contribution in [2.75, 3.05) is 0 Å². The Morgan fingerprint density at radius 1 is 1.07 bits per heavy atom. The van der Waals surface area contributed by atoms with Crippen LogP contribution in [0.15, 0.2) is 64.6 Å². The first-order valence-electron chi connectivity index (χ1n) is 5.24. The molecule has 0 aliphatic rings. The van der Waals surface area contributed by atoms with Gasteiger partial charge in [-0.15, -0.1) is 0 Å². The number of rotatable bonds is 2. The molecule has 0 fully saturated rings. The molecule has 0 radical (unpaired) electrons. The predicted molar refractivity (Wildman–Crippen MR) is 56.1 cm³/mol. The highest BCUT2D eigenvalue weighted by Gasteiger charge is 2.16. The molecule has 0 saturated heterocycles.